The number of fused-ring (bicyclic) bond motifs is 1. The number of aliphatic hydroxyl groups is 1. The molecule has 0 bridgehead atoms. The molecule has 4 rings (SSSR count). The van der Waals surface area contributed by atoms with Crippen LogP contribution in [0.25, 0.3) is 11.2 Å². The maximum absolute atomic E-state index is 13.3. The molecule has 0 unspecified atom stereocenters. The van der Waals surface area contributed by atoms with E-state index in [0.29, 0.717) is 13.0 Å². The number of imidazole rings is 1. The fourth-order valence-corrected chi connectivity index (χ4v) is 3.55. The van der Waals surface area contributed by atoms with Crippen molar-refractivity contribution < 1.29 is 14.3 Å². The molecule has 0 radical (unpaired) electrons. The quantitative estimate of drug-likeness (QED) is 0.460. The molecule has 0 spiro atoms. The lowest BCUT2D eigenvalue weighted by Gasteiger charge is -2.16. The molecule has 2 aromatic carbocycles. The van der Waals surface area contributed by atoms with E-state index in [2.05, 4.69) is 15.3 Å². The van der Waals surface area contributed by atoms with Crippen LogP contribution >= 0.6 is 0 Å². The molecular formula is C24H23FN4O2. The van der Waals surface area contributed by atoms with Gasteiger partial charge >= 0.3 is 0 Å². The van der Waals surface area contributed by atoms with Gasteiger partial charge in [0.25, 0.3) is 0 Å². The Morgan fingerprint density at radius 3 is 2.58 bits per heavy atom. The summed E-state index contributed by atoms with van der Waals surface area (Å²) in [4.78, 5) is 21.7. The average Bonchev–Trinajstić information content (AvgIpc) is 3.15. The molecule has 2 N–H and O–H groups in total. The van der Waals surface area contributed by atoms with E-state index in [0.717, 1.165) is 28.1 Å². The van der Waals surface area contributed by atoms with Gasteiger partial charge in [-0.1, -0.05) is 42.5 Å². The molecule has 0 aliphatic rings. The second-order valence-electron chi connectivity index (χ2n) is 7.30. The van der Waals surface area contributed by atoms with Crippen LogP contribution in [-0.2, 0) is 17.8 Å². The Bertz CT molecular complexity index is 1160. The molecule has 1 atom stereocenters. The number of pyridine rings is 1. The highest BCUT2D eigenvalue weighted by Crippen LogP contribution is 2.18. The lowest BCUT2D eigenvalue weighted by atomic mass is 10.1. The molecule has 1 amide bonds. The number of nitrogens with zero attached hydrogens (tertiary/aromatic N) is 3. The van der Waals surface area contributed by atoms with Crippen LogP contribution in [0.2, 0.25) is 0 Å². The lowest BCUT2D eigenvalue weighted by Crippen LogP contribution is -2.31. The molecule has 0 saturated carbocycles. The van der Waals surface area contributed by atoms with Gasteiger partial charge in [-0.2, -0.15) is 0 Å². The Morgan fingerprint density at radius 2 is 1.84 bits per heavy atom. The van der Waals surface area contributed by atoms with Gasteiger partial charge in [0, 0.05) is 19.0 Å². The van der Waals surface area contributed by atoms with Crippen LogP contribution in [0.3, 0.4) is 0 Å². The fourth-order valence-electron chi connectivity index (χ4n) is 3.55. The monoisotopic (exact) mass is 418 g/mol. The lowest BCUT2D eigenvalue weighted by molar-refractivity contribution is -0.122. The van der Waals surface area contributed by atoms with Crippen molar-refractivity contribution in [3.8, 4) is 0 Å². The fraction of sp³-hybridized carbons (Fsp3) is 0.208. The van der Waals surface area contributed by atoms with Gasteiger partial charge in [-0.25, -0.2) is 14.4 Å². The van der Waals surface area contributed by atoms with E-state index in [1.54, 1.807) is 18.3 Å². The summed E-state index contributed by atoms with van der Waals surface area (Å²) in [7, 11) is 0. The summed E-state index contributed by atoms with van der Waals surface area (Å²) in [6.45, 7) is 0.302. The number of aliphatic hydroxyl groups excluding tert-OH is 1. The third-order valence-corrected chi connectivity index (χ3v) is 5.13. The van der Waals surface area contributed by atoms with Crippen molar-refractivity contribution >= 4 is 17.1 Å². The summed E-state index contributed by atoms with van der Waals surface area (Å²) in [5.41, 5.74) is 3.24. The van der Waals surface area contributed by atoms with Crippen LogP contribution < -0.4 is 5.32 Å². The molecule has 0 saturated heterocycles. The zero-order chi connectivity index (χ0) is 21.6. The van der Waals surface area contributed by atoms with Crippen LogP contribution in [0.5, 0.6) is 0 Å². The number of hydrogen-bond donors (Lipinski definition) is 2. The van der Waals surface area contributed by atoms with Crippen LogP contribution in [-0.4, -0.2) is 32.2 Å². The van der Waals surface area contributed by atoms with Gasteiger partial charge in [0.05, 0.1) is 19.2 Å². The van der Waals surface area contributed by atoms with Gasteiger partial charge in [0.2, 0.25) is 5.91 Å². The Morgan fingerprint density at radius 1 is 1.06 bits per heavy atom. The van der Waals surface area contributed by atoms with Crippen LogP contribution in [0, 0.1) is 5.82 Å². The van der Waals surface area contributed by atoms with Gasteiger partial charge in [-0.3, -0.25) is 4.79 Å². The minimum Gasteiger partial charge on any atom is -0.394 e. The third-order valence-electron chi connectivity index (χ3n) is 5.13. The number of halogens is 1. The van der Waals surface area contributed by atoms with Crippen LogP contribution in [0.15, 0.2) is 72.9 Å². The van der Waals surface area contributed by atoms with Gasteiger partial charge in [-0.15, -0.1) is 0 Å². The largest absolute Gasteiger partial charge is 0.394 e. The first-order chi connectivity index (χ1) is 15.1. The Kier molecular flexibility index (Phi) is 6.33. The Labute approximate surface area is 179 Å². The van der Waals surface area contributed by atoms with Crippen LogP contribution in [0.4, 0.5) is 4.39 Å². The number of amides is 1. The van der Waals surface area contributed by atoms with E-state index in [1.807, 2.05) is 47.0 Å². The smallest absolute Gasteiger partial charge is 0.221 e. The van der Waals surface area contributed by atoms with E-state index in [-0.39, 0.29) is 24.8 Å². The van der Waals surface area contributed by atoms with E-state index < -0.39 is 6.04 Å². The average molecular weight is 418 g/mol. The Balaban J connectivity index is 1.50. The van der Waals surface area contributed by atoms with Crippen molar-refractivity contribution in [2.75, 3.05) is 6.61 Å². The van der Waals surface area contributed by atoms with E-state index in [1.165, 1.54) is 12.1 Å². The van der Waals surface area contributed by atoms with Crippen molar-refractivity contribution in [2.45, 2.75) is 25.4 Å². The minimum absolute atomic E-state index is 0.170. The zero-order valence-corrected chi connectivity index (χ0v) is 16.9. The molecule has 0 fully saturated rings. The number of hydrogen-bond acceptors (Lipinski definition) is 4. The number of benzene rings is 2. The van der Waals surface area contributed by atoms with Crippen LogP contribution in [0.1, 0.15) is 29.4 Å². The number of rotatable bonds is 8. The zero-order valence-electron chi connectivity index (χ0n) is 16.9. The second-order valence-corrected chi connectivity index (χ2v) is 7.30. The second kappa shape index (κ2) is 9.49. The molecule has 6 nitrogen and oxygen atoms in total. The molecule has 2 aromatic heterocycles. The summed E-state index contributed by atoms with van der Waals surface area (Å²) in [5.74, 6) is 0.274. The molecular weight excluding hydrogens is 395 g/mol. The highest BCUT2D eigenvalue weighted by Gasteiger charge is 2.16. The normalized spacial score (nSPS) is 12.1. The molecule has 0 aliphatic heterocycles. The third kappa shape index (κ3) is 4.95. The molecule has 31 heavy (non-hydrogen) atoms. The summed E-state index contributed by atoms with van der Waals surface area (Å²) in [5, 5.41) is 12.5. The number of carbonyl (C=O) groups is 1. The Hall–Kier alpha value is -3.58. The molecule has 7 heteroatoms. The van der Waals surface area contributed by atoms with E-state index >= 15 is 0 Å². The van der Waals surface area contributed by atoms with Gasteiger partial charge in [0.1, 0.15) is 17.2 Å². The number of aromatic nitrogens is 3. The first-order valence-electron chi connectivity index (χ1n) is 10.1. The molecule has 158 valence electrons. The van der Waals surface area contributed by atoms with Crippen molar-refractivity contribution in [1.29, 1.82) is 0 Å². The first kappa shape index (κ1) is 20.7. The highest BCUT2D eigenvalue weighted by molar-refractivity contribution is 5.77. The first-order valence-corrected chi connectivity index (χ1v) is 10.1. The van der Waals surface area contributed by atoms with E-state index in [9.17, 15) is 14.3 Å². The summed E-state index contributed by atoms with van der Waals surface area (Å²) >= 11 is 0. The summed E-state index contributed by atoms with van der Waals surface area (Å²) in [6.07, 6.45) is 2.33. The molecule has 0 aliphatic carbocycles. The summed E-state index contributed by atoms with van der Waals surface area (Å²) in [6, 6.07) is 18.9. The topological polar surface area (TPSA) is 80.0 Å². The standard InChI is InChI=1S/C24H23FN4O2/c25-19-10-8-17(9-11-19)15-29-22(27-20-7-4-14-26-24(20)29)12-13-23(31)28-21(16-30)18-5-2-1-3-6-18/h1-11,14,21,30H,12-13,15-16H2,(H,28,31)/t21-/m1/s1. The van der Waals surface area contributed by atoms with Gasteiger partial charge in [-0.05, 0) is 35.4 Å². The number of carbonyl (C=O) groups excluding carboxylic acids is 1. The minimum atomic E-state index is -0.451. The summed E-state index contributed by atoms with van der Waals surface area (Å²) < 4.78 is 15.2. The highest BCUT2D eigenvalue weighted by atomic mass is 19.1. The van der Waals surface area contributed by atoms with Gasteiger partial charge < -0.3 is 15.0 Å². The number of nitrogens with one attached hydrogen (secondary N) is 1. The molecule has 2 heterocycles. The maximum atomic E-state index is 13.3. The number of aryl methyl sites for hydroxylation is 1. The van der Waals surface area contributed by atoms with Crippen molar-refractivity contribution in [3.63, 3.8) is 0 Å². The van der Waals surface area contributed by atoms with Crippen molar-refractivity contribution in [2.24, 2.45) is 0 Å². The molecule has 4 aromatic rings. The van der Waals surface area contributed by atoms with Crippen molar-refractivity contribution in [1.82, 2.24) is 19.9 Å². The van der Waals surface area contributed by atoms with Crippen molar-refractivity contribution in [3.05, 3.63) is 95.7 Å². The van der Waals surface area contributed by atoms with E-state index in [4.69, 9.17) is 0 Å². The van der Waals surface area contributed by atoms with Gasteiger partial charge in [0.15, 0.2) is 5.65 Å². The SMILES string of the molecule is O=C(CCc1nc2cccnc2n1Cc1ccc(F)cc1)N[C@H](CO)c1ccccc1. The predicted octanol–water partition coefficient (Wildman–Crippen LogP) is 3.40. The predicted molar refractivity (Wildman–Crippen MR) is 116 cm³/mol. The maximum Gasteiger partial charge on any atom is 0.221 e.